The van der Waals surface area contributed by atoms with Gasteiger partial charge in [-0.25, -0.2) is 14.1 Å². The summed E-state index contributed by atoms with van der Waals surface area (Å²) >= 11 is 15.5. The van der Waals surface area contributed by atoms with E-state index in [1.54, 1.807) is 66.7 Å². The molecule has 11 heteroatoms. The van der Waals surface area contributed by atoms with Gasteiger partial charge in [0.2, 0.25) is 0 Å². The smallest absolute Gasteiger partial charge is 0.335 e. The van der Waals surface area contributed by atoms with E-state index in [2.05, 4.69) is 21.2 Å². The van der Waals surface area contributed by atoms with Gasteiger partial charge in [0.05, 0.1) is 5.69 Å². The third kappa shape index (κ3) is 6.65. The van der Waals surface area contributed by atoms with Gasteiger partial charge in [-0.05, 0) is 66.7 Å². The molecule has 4 amide bonds. The third-order valence-corrected chi connectivity index (χ3v) is 7.30. The number of imide groups is 2. The Kier molecular flexibility index (Phi) is 8.91. The zero-order valence-electron chi connectivity index (χ0n) is 21.6. The van der Waals surface area contributed by atoms with E-state index in [0.29, 0.717) is 37.1 Å². The van der Waals surface area contributed by atoms with Gasteiger partial charge in [0, 0.05) is 31.2 Å². The van der Waals surface area contributed by atoms with E-state index in [9.17, 15) is 18.8 Å². The zero-order chi connectivity index (χ0) is 29.8. The highest BCUT2D eigenvalue weighted by Gasteiger charge is 2.37. The molecule has 4 aromatic carbocycles. The van der Waals surface area contributed by atoms with Crippen molar-refractivity contribution in [3.63, 3.8) is 0 Å². The van der Waals surface area contributed by atoms with Crippen LogP contribution in [0.2, 0.25) is 10.0 Å². The first kappa shape index (κ1) is 29.3. The van der Waals surface area contributed by atoms with Crippen molar-refractivity contribution >= 4 is 68.7 Å². The summed E-state index contributed by atoms with van der Waals surface area (Å²) in [5.41, 5.74) is 1.37. The van der Waals surface area contributed by atoms with Gasteiger partial charge in [-0.1, -0.05) is 63.4 Å². The summed E-state index contributed by atoms with van der Waals surface area (Å²) in [4.78, 5) is 39.8. The molecular weight excluding hydrogens is 650 g/mol. The summed E-state index contributed by atoms with van der Waals surface area (Å²) in [6.45, 7) is 0.0989. The lowest BCUT2D eigenvalue weighted by Gasteiger charge is -2.26. The lowest BCUT2D eigenvalue weighted by Crippen LogP contribution is -2.54. The number of carbonyl (C=O) groups excluding carboxylic acids is 3. The van der Waals surface area contributed by atoms with Crippen LogP contribution in [0.15, 0.2) is 95.0 Å². The second-order valence-corrected chi connectivity index (χ2v) is 10.8. The highest BCUT2D eigenvalue weighted by molar-refractivity contribution is 9.10. The maximum Gasteiger partial charge on any atom is 0.335 e. The van der Waals surface area contributed by atoms with Crippen LogP contribution in [0.25, 0.3) is 6.08 Å². The number of rotatable bonds is 8. The largest absolute Gasteiger partial charge is 0.489 e. The fraction of sp³-hybridized carbons (Fsp3) is 0.0645. The number of nitrogens with one attached hydrogen (secondary N) is 1. The van der Waals surface area contributed by atoms with Crippen LogP contribution in [0.5, 0.6) is 11.5 Å². The highest BCUT2D eigenvalue weighted by atomic mass is 79.9. The van der Waals surface area contributed by atoms with E-state index in [-0.39, 0.29) is 24.5 Å². The molecule has 5 rings (SSSR count). The van der Waals surface area contributed by atoms with Gasteiger partial charge in [-0.3, -0.25) is 14.9 Å². The van der Waals surface area contributed by atoms with Crippen molar-refractivity contribution in [2.45, 2.75) is 13.2 Å². The molecule has 0 spiro atoms. The number of hydrogen-bond acceptors (Lipinski definition) is 5. The Bertz CT molecular complexity index is 1730. The Morgan fingerprint density at radius 1 is 0.857 bits per heavy atom. The van der Waals surface area contributed by atoms with Crippen molar-refractivity contribution in [3.05, 3.63) is 128 Å². The van der Waals surface area contributed by atoms with E-state index in [1.165, 1.54) is 24.3 Å². The van der Waals surface area contributed by atoms with Crippen LogP contribution >= 0.6 is 39.1 Å². The van der Waals surface area contributed by atoms with Crippen LogP contribution in [-0.2, 0) is 22.8 Å². The molecule has 0 aromatic heterocycles. The number of nitrogens with zero attached hydrogens (tertiary/aromatic N) is 1. The number of anilines is 1. The molecule has 4 aromatic rings. The number of hydrogen-bond donors (Lipinski definition) is 1. The summed E-state index contributed by atoms with van der Waals surface area (Å²) in [6.07, 6.45) is 1.33. The predicted molar refractivity (Wildman–Crippen MR) is 161 cm³/mol. The van der Waals surface area contributed by atoms with Crippen molar-refractivity contribution in [2.24, 2.45) is 0 Å². The molecule has 0 saturated carbocycles. The third-order valence-electron chi connectivity index (χ3n) is 6.22. The molecule has 0 atom stereocenters. The van der Waals surface area contributed by atoms with Crippen molar-refractivity contribution in [1.82, 2.24) is 5.32 Å². The van der Waals surface area contributed by atoms with Crippen LogP contribution in [0.3, 0.4) is 0 Å². The van der Waals surface area contributed by atoms with Gasteiger partial charge in [0.15, 0.2) is 0 Å². The van der Waals surface area contributed by atoms with Gasteiger partial charge >= 0.3 is 6.03 Å². The lowest BCUT2D eigenvalue weighted by atomic mass is 10.1. The van der Waals surface area contributed by atoms with Crippen molar-refractivity contribution in [3.8, 4) is 11.5 Å². The number of urea groups is 1. The predicted octanol–water partition coefficient (Wildman–Crippen LogP) is 7.72. The maximum atomic E-state index is 14.1. The molecule has 1 aliphatic heterocycles. The van der Waals surface area contributed by atoms with E-state index in [1.807, 2.05) is 0 Å². The number of barbiturate groups is 1. The fourth-order valence-corrected chi connectivity index (χ4v) is 4.92. The van der Waals surface area contributed by atoms with E-state index in [0.717, 1.165) is 10.5 Å². The summed E-state index contributed by atoms with van der Waals surface area (Å²) in [6, 6.07) is 21.6. The standard InChI is InChI=1S/C31H20BrCl2FN2O5/c32-21-6-12-28(42-17-19-3-1-2-4-27(19)35)20(13-21)14-25-29(38)36-31(40)37(30(25)39)23-8-10-24(11-9-23)41-16-18-5-7-22(33)15-26(18)34/h1-15H,16-17H2,(H,36,38,40)/b25-14+. The number of benzene rings is 4. The summed E-state index contributed by atoms with van der Waals surface area (Å²) in [7, 11) is 0. The van der Waals surface area contributed by atoms with Crippen LogP contribution in [0, 0.1) is 5.82 Å². The van der Waals surface area contributed by atoms with E-state index in [4.69, 9.17) is 32.7 Å². The molecule has 0 bridgehead atoms. The fourth-order valence-electron chi connectivity index (χ4n) is 4.07. The van der Waals surface area contributed by atoms with Crippen LogP contribution < -0.4 is 19.7 Å². The molecule has 7 nitrogen and oxygen atoms in total. The number of amides is 4. The van der Waals surface area contributed by atoms with Crippen LogP contribution in [-0.4, -0.2) is 17.8 Å². The molecule has 1 heterocycles. The Labute approximate surface area is 258 Å². The van der Waals surface area contributed by atoms with Crippen LogP contribution in [0.4, 0.5) is 14.9 Å². The second kappa shape index (κ2) is 12.8. The van der Waals surface area contributed by atoms with Crippen molar-refractivity contribution in [1.29, 1.82) is 0 Å². The second-order valence-electron chi connectivity index (χ2n) is 9.04. The molecule has 1 N–H and O–H groups in total. The maximum absolute atomic E-state index is 14.1. The van der Waals surface area contributed by atoms with E-state index >= 15 is 0 Å². The zero-order valence-corrected chi connectivity index (χ0v) is 24.7. The average molecular weight is 670 g/mol. The monoisotopic (exact) mass is 668 g/mol. The number of carbonyl (C=O) groups is 3. The molecule has 0 unspecified atom stereocenters. The molecule has 1 saturated heterocycles. The molecule has 212 valence electrons. The van der Waals surface area contributed by atoms with Gasteiger partial charge in [-0.2, -0.15) is 0 Å². The normalized spacial score (nSPS) is 14.2. The summed E-state index contributed by atoms with van der Waals surface area (Å²) in [5, 5.41) is 3.17. The van der Waals surface area contributed by atoms with Gasteiger partial charge in [0.25, 0.3) is 11.8 Å². The number of halogens is 4. The van der Waals surface area contributed by atoms with Gasteiger partial charge in [-0.15, -0.1) is 0 Å². The molecule has 0 aliphatic carbocycles. The Morgan fingerprint density at radius 3 is 2.33 bits per heavy atom. The minimum atomic E-state index is -0.894. The van der Waals surface area contributed by atoms with Gasteiger partial charge in [0.1, 0.15) is 36.1 Å². The highest BCUT2D eigenvalue weighted by Crippen LogP contribution is 2.30. The number of ether oxygens (including phenoxy) is 2. The molecule has 42 heavy (non-hydrogen) atoms. The molecule has 1 aliphatic rings. The summed E-state index contributed by atoms with van der Waals surface area (Å²) in [5.74, 6) is -1.34. The first-order valence-electron chi connectivity index (χ1n) is 12.4. The minimum absolute atomic E-state index is 0.0755. The summed E-state index contributed by atoms with van der Waals surface area (Å²) < 4.78 is 26.3. The first-order chi connectivity index (χ1) is 20.2. The Balaban J connectivity index is 1.36. The van der Waals surface area contributed by atoms with E-state index < -0.39 is 23.7 Å². The Hall–Kier alpha value is -4.18. The Morgan fingerprint density at radius 2 is 1.60 bits per heavy atom. The topological polar surface area (TPSA) is 84.9 Å². The molecular formula is C31H20BrCl2FN2O5. The van der Waals surface area contributed by atoms with Crippen LogP contribution in [0.1, 0.15) is 16.7 Å². The minimum Gasteiger partial charge on any atom is -0.489 e. The SMILES string of the molecule is O=C1NC(=O)N(c2ccc(OCc3ccc(Cl)cc3Cl)cc2)C(=O)/C1=C/c1cc(Br)ccc1OCc1ccccc1F. The average Bonchev–Trinajstić information content (AvgIpc) is 2.96. The van der Waals surface area contributed by atoms with Gasteiger partial charge < -0.3 is 9.47 Å². The van der Waals surface area contributed by atoms with Crippen molar-refractivity contribution in [2.75, 3.05) is 4.90 Å². The molecule has 1 fully saturated rings. The molecule has 0 radical (unpaired) electrons. The first-order valence-corrected chi connectivity index (χ1v) is 14.0. The quantitative estimate of drug-likeness (QED) is 0.153. The lowest BCUT2D eigenvalue weighted by molar-refractivity contribution is -0.122. The van der Waals surface area contributed by atoms with Crippen molar-refractivity contribution < 1.29 is 28.2 Å².